The molecule has 1 atom stereocenters. The average molecular weight is 288 g/mol. The van der Waals surface area contributed by atoms with E-state index >= 15 is 0 Å². The molecule has 0 heterocycles. The van der Waals surface area contributed by atoms with Gasteiger partial charge < -0.3 is 10.1 Å². The van der Waals surface area contributed by atoms with Crippen LogP contribution < -0.4 is 5.32 Å². The minimum Gasteiger partial charge on any atom is -0.385 e. The van der Waals surface area contributed by atoms with Crippen molar-refractivity contribution in [1.29, 1.82) is 0 Å². The van der Waals surface area contributed by atoms with Crippen LogP contribution in [0.2, 0.25) is 0 Å². The molecule has 1 unspecified atom stereocenters. The maximum absolute atomic E-state index is 11.9. The predicted octanol–water partition coefficient (Wildman–Crippen LogP) is 0.737. The molecule has 15 heavy (non-hydrogen) atoms. The van der Waals surface area contributed by atoms with Gasteiger partial charge in [0.2, 0.25) is 0 Å². The van der Waals surface area contributed by atoms with Gasteiger partial charge in [-0.2, -0.15) is 8.78 Å². The quantitative estimate of drug-likeness (QED) is 0.703. The van der Waals surface area contributed by atoms with E-state index in [1.54, 1.807) is 0 Å². The normalized spacial score (nSPS) is 12.6. The highest BCUT2D eigenvalue weighted by molar-refractivity contribution is 9.09. The molecule has 0 aromatic carbocycles. The molecule has 0 spiro atoms. The van der Waals surface area contributed by atoms with E-state index in [0.29, 0.717) is 0 Å². The molecule has 0 rings (SSSR count). The van der Waals surface area contributed by atoms with Gasteiger partial charge in [-0.1, -0.05) is 15.9 Å². The summed E-state index contributed by atoms with van der Waals surface area (Å²) in [7, 11) is 1.42. The third-order valence-electron chi connectivity index (χ3n) is 1.65. The highest BCUT2D eigenvalue weighted by Crippen LogP contribution is 2.00. The van der Waals surface area contributed by atoms with Crippen LogP contribution in [0.4, 0.5) is 8.78 Å². The second-order valence-electron chi connectivity index (χ2n) is 2.74. The number of carbonyl (C=O) groups excluding carboxylic acids is 2. The lowest BCUT2D eigenvalue weighted by atomic mass is 10.1. The van der Waals surface area contributed by atoms with E-state index in [0.717, 1.165) is 0 Å². The van der Waals surface area contributed by atoms with Crippen LogP contribution in [0.15, 0.2) is 0 Å². The average Bonchev–Trinajstić information content (AvgIpc) is 2.22. The summed E-state index contributed by atoms with van der Waals surface area (Å²) in [6.07, 6.45) is -2.93. The number of hydrogen-bond donors (Lipinski definition) is 1. The lowest BCUT2D eigenvalue weighted by Crippen LogP contribution is -2.44. The summed E-state index contributed by atoms with van der Waals surface area (Å²) < 4.78 is 28.5. The van der Waals surface area contributed by atoms with Gasteiger partial charge in [0.25, 0.3) is 5.91 Å². The summed E-state index contributed by atoms with van der Waals surface area (Å²) in [6, 6.07) is -0.925. The summed E-state index contributed by atoms with van der Waals surface area (Å²) in [5.41, 5.74) is 0. The number of halogens is 3. The minimum atomic E-state index is -3.11. The highest BCUT2D eigenvalue weighted by atomic mass is 79.9. The Morgan fingerprint density at radius 1 is 1.47 bits per heavy atom. The second-order valence-corrected chi connectivity index (χ2v) is 3.30. The van der Waals surface area contributed by atoms with Crippen LogP contribution in [-0.2, 0) is 14.3 Å². The zero-order valence-electron chi connectivity index (χ0n) is 8.13. The van der Waals surface area contributed by atoms with E-state index in [4.69, 9.17) is 4.74 Å². The van der Waals surface area contributed by atoms with Crippen molar-refractivity contribution in [2.75, 3.05) is 19.0 Å². The zero-order chi connectivity index (χ0) is 11.8. The SMILES string of the molecule is COCCC(NC(=O)C(F)F)C(=O)CBr. The van der Waals surface area contributed by atoms with Crippen molar-refractivity contribution in [3.8, 4) is 0 Å². The fourth-order valence-corrected chi connectivity index (χ4v) is 1.27. The Labute approximate surface area is 94.5 Å². The van der Waals surface area contributed by atoms with Crippen LogP contribution in [-0.4, -0.2) is 43.2 Å². The summed E-state index contributed by atoms with van der Waals surface area (Å²) in [6.45, 7) is 0.215. The molecule has 1 amide bonds. The summed E-state index contributed by atoms with van der Waals surface area (Å²) in [5.74, 6) is -1.80. The first-order valence-corrected chi connectivity index (χ1v) is 5.31. The molecule has 0 saturated carbocycles. The molecule has 0 aromatic rings. The largest absolute Gasteiger partial charge is 0.385 e. The molecule has 0 aromatic heterocycles. The van der Waals surface area contributed by atoms with Crippen LogP contribution >= 0.6 is 15.9 Å². The molecule has 7 heteroatoms. The van der Waals surface area contributed by atoms with E-state index in [1.165, 1.54) is 7.11 Å². The smallest absolute Gasteiger partial charge is 0.315 e. The maximum Gasteiger partial charge on any atom is 0.315 e. The Morgan fingerprint density at radius 3 is 2.47 bits per heavy atom. The molecule has 88 valence electrons. The molecule has 0 saturated heterocycles. The van der Waals surface area contributed by atoms with Gasteiger partial charge in [-0.05, 0) is 6.42 Å². The summed E-state index contributed by atoms with van der Waals surface area (Å²) in [4.78, 5) is 21.9. The lowest BCUT2D eigenvalue weighted by molar-refractivity contribution is -0.135. The summed E-state index contributed by atoms with van der Waals surface area (Å²) in [5, 5.41) is 1.96. The highest BCUT2D eigenvalue weighted by Gasteiger charge is 2.23. The number of hydrogen-bond acceptors (Lipinski definition) is 3. The molecule has 0 bridgehead atoms. The standard InChI is InChI=1S/C8H12BrF2NO3/c1-15-3-2-5(6(13)4-9)12-8(14)7(10)11/h5,7H,2-4H2,1H3,(H,12,14). The number of methoxy groups -OCH3 is 1. The van der Waals surface area contributed by atoms with Crippen molar-refractivity contribution in [2.45, 2.75) is 18.9 Å². The zero-order valence-corrected chi connectivity index (χ0v) is 9.72. The topological polar surface area (TPSA) is 55.4 Å². The Kier molecular flexibility index (Phi) is 7.41. The van der Waals surface area contributed by atoms with Crippen molar-refractivity contribution in [3.63, 3.8) is 0 Å². The molecule has 1 N–H and O–H groups in total. The fraction of sp³-hybridized carbons (Fsp3) is 0.750. The number of carbonyl (C=O) groups is 2. The first kappa shape index (κ1) is 14.4. The molecule has 0 fully saturated rings. The third kappa shape index (κ3) is 5.78. The Morgan fingerprint density at radius 2 is 2.07 bits per heavy atom. The number of alkyl halides is 3. The second kappa shape index (κ2) is 7.70. The minimum absolute atomic E-state index is 0.00486. The van der Waals surface area contributed by atoms with Crippen molar-refractivity contribution in [1.82, 2.24) is 5.32 Å². The van der Waals surface area contributed by atoms with E-state index in [1.807, 2.05) is 5.32 Å². The number of ether oxygens (including phenoxy) is 1. The van der Waals surface area contributed by atoms with Gasteiger partial charge in [-0.3, -0.25) is 9.59 Å². The van der Waals surface area contributed by atoms with Crippen LogP contribution in [0.3, 0.4) is 0 Å². The van der Waals surface area contributed by atoms with Crippen LogP contribution in [0.5, 0.6) is 0 Å². The van der Waals surface area contributed by atoms with Gasteiger partial charge in [0.05, 0.1) is 11.4 Å². The van der Waals surface area contributed by atoms with Crippen molar-refractivity contribution >= 4 is 27.6 Å². The van der Waals surface area contributed by atoms with E-state index < -0.39 is 18.4 Å². The Balaban J connectivity index is 4.23. The molecule has 4 nitrogen and oxygen atoms in total. The van der Waals surface area contributed by atoms with Gasteiger partial charge >= 0.3 is 6.43 Å². The molecule has 0 aliphatic carbocycles. The van der Waals surface area contributed by atoms with Crippen molar-refractivity contribution in [3.05, 3.63) is 0 Å². The molecule has 0 aliphatic heterocycles. The molecular weight excluding hydrogens is 276 g/mol. The van der Waals surface area contributed by atoms with Crippen LogP contribution in [0, 0.1) is 0 Å². The van der Waals surface area contributed by atoms with Gasteiger partial charge in [0.15, 0.2) is 5.78 Å². The summed E-state index contributed by atoms with van der Waals surface area (Å²) >= 11 is 2.91. The number of ketones is 1. The Hall–Kier alpha value is -0.560. The van der Waals surface area contributed by atoms with Gasteiger partial charge in [0, 0.05) is 13.7 Å². The van der Waals surface area contributed by atoms with E-state index in [-0.39, 0.29) is 24.1 Å². The lowest BCUT2D eigenvalue weighted by Gasteiger charge is -2.15. The van der Waals surface area contributed by atoms with Crippen molar-refractivity contribution in [2.24, 2.45) is 0 Å². The molecule has 0 aliphatic rings. The number of nitrogens with one attached hydrogen (secondary N) is 1. The van der Waals surface area contributed by atoms with Gasteiger partial charge in [-0.25, -0.2) is 0 Å². The molecular formula is C8H12BrF2NO3. The molecule has 0 radical (unpaired) electrons. The number of amides is 1. The first-order chi connectivity index (χ1) is 7.02. The van der Waals surface area contributed by atoms with Crippen LogP contribution in [0.1, 0.15) is 6.42 Å². The third-order valence-corrected chi connectivity index (χ3v) is 2.20. The van der Waals surface area contributed by atoms with Crippen LogP contribution in [0.25, 0.3) is 0 Å². The van der Waals surface area contributed by atoms with E-state index in [9.17, 15) is 18.4 Å². The fourth-order valence-electron chi connectivity index (χ4n) is 0.877. The van der Waals surface area contributed by atoms with Gasteiger partial charge in [-0.15, -0.1) is 0 Å². The Bertz CT molecular complexity index is 226. The van der Waals surface area contributed by atoms with E-state index in [2.05, 4.69) is 15.9 Å². The maximum atomic E-state index is 11.9. The number of Topliss-reactive ketones (excluding diaryl/α,β-unsaturated/α-hetero) is 1. The first-order valence-electron chi connectivity index (χ1n) is 4.19. The monoisotopic (exact) mass is 287 g/mol. The number of rotatable bonds is 7. The van der Waals surface area contributed by atoms with Crippen molar-refractivity contribution < 1.29 is 23.1 Å². The van der Waals surface area contributed by atoms with Gasteiger partial charge in [0.1, 0.15) is 0 Å². The predicted molar refractivity (Wildman–Crippen MR) is 53.2 cm³/mol.